The zero-order valence-electron chi connectivity index (χ0n) is 27.4. The third-order valence-electron chi connectivity index (χ3n) is 9.21. The van der Waals surface area contributed by atoms with Gasteiger partial charge in [0.1, 0.15) is 0 Å². The highest BCUT2D eigenvalue weighted by Gasteiger charge is 2.25. The van der Waals surface area contributed by atoms with Gasteiger partial charge in [0.05, 0.1) is 8.07 Å². The smallest absolute Gasteiger partial charge is 0.0504 e. The fourth-order valence-electron chi connectivity index (χ4n) is 6.35. The number of allylic oxidation sites excluding steroid dienone is 1. The second-order valence-corrected chi connectivity index (χ2v) is 18.5. The van der Waals surface area contributed by atoms with Crippen LogP contribution in [0.3, 0.4) is 0 Å². The van der Waals surface area contributed by atoms with Gasteiger partial charge in [-0.1, -0.05) is 218 Å². The van der Waals surface area contributed by atoms with Crippen LogP contribution in [0, 0.1) is 0 Å². The van der Waals surface area contributed by atoms with Crippen LogP contribution in [0.1, 0.15) is 200 Å². The highest BCUT2D eigenvalue weighted by molar-refractivity contribution is 6.78. The minimum Gasteiger partial charge on any atom is -0.103 e. The van der Waals surface area contributed by atoms with Crippen LogP contribution in [0.2, 0.25) is 24.7 Å². The topological polar surface area (TPSA) is 0 Å². The van der Waals surface area contributed by atoms with E-state index in [-0.39, 0.29) is 0 Å². The van der Waals surface area contributed by atoms with E-state index in [0.717, 1.165) is 0 Å². The van der Waals surface area contributed by atoms with Gasteiger partial charge in [0, 0.05) is 0 Å². The summed E-state index contributed by atoms with van der Waals surface area (Å²) in [5.74, 6) is 0. The molecule has 0 atom stereocenters. The Hall–Kier alpha value is -0.0431. The highest BCUT2D eigenvalue weighted by Crippen LogP contribution is 2.30. The third-order valence-corrected chi connectivity index (χ3v) is 13.9. The lowest BCUT2D eigenvalue weighted by Gasteiger charge is -2.28. The number of rotatable bonds is 33. The molecule has 0 N–H and O–H groups in total. The van der Waals surface area contributed by atoms with E-state index in [9.17, 15) is 0 Å². The maximum absolute atomic E-state index is 3.84. The van der Waals surface area contributed by atoms with Crippen LogP contribution in [0.4, 0.5) is 0 Å². The molecular weight excluding hydrogens is 472 g/mol. The largest absolute Gasteiger partial charge is 0.103 e. The van der Waals surface area contributed by atoms with Crippen LogP contribution in [0.5, 0.6) is 0 Å². The van der Waals surface area contributed by atoms with Crippen molar-refractivity contribution < 1.29 is 0 Å². The van der Waals surface area contributed by atoms with Crippen molar-refractivity contribution in [1.29, 1.82) is 0 Å². The molecule has 0 rings (SSSR count). The Bertz CT molecular complexity index is 418. The maximum atomic E-state index is 3.84. The van der Waals surface area contributed by atoms with E-state index in [2.05, 4.69) is 33.0 Å². The van der Waals surface area contributed by atoms with Crippen molar-refractivity contribution in [3.8, 4) is 0 Å². The van der Waals surface area contributed by atoms with E-state index < -0.39 is 8.07 Å². The quantitative estimate of drug-likeness (QED) is 0.0434. The summed E-state index contributed by atoms with van der Waals surface area (Å²) in [7, 11) is -1.03. The molecule has 0 aromatic rings. The van der Waals surface area contributed by atoms with Gasteiger partial charge >= 0.3 is 0 Å². The zero-order chi connectivity index (χ0) is 27.8. The highest BCUT2D eigenvalue weighted by atomic mass is 28.3. The summed E-state index contributed by atoms with van der Waals surface area (Å²) in [6, 6.07) is 4.88. The Labute approximate surface area is 245 Å². The molecule has 0 aromatic carbocycles. The van der Waals surface area contributed by atoms with E-state index >= 15 is 0 Å². The van der Waals surface area contributed by atoms with Crippen LogP contribution in [0.25, 0.3) is 0 Å². The zero-order valence-corrected chi connectivity index (χ0v) is 28.4. The molecule has 228 valence electrons. The molecule has 0 aliphatic rings. The fraction of sp³-hybridized carbons (Fsp3) is 0.946. The third kappa shape index (κ3) is 29.0. The molecule has 0 radical (unpaired) electrons. The average Bonchev–Trinajstić information content (AvgIpc) is 2.92. The normalized spacial score (nSPS) is 11.9. The van der Waals surface area contributed by atoms with Gasteiger partial charge in [-0.05, 0) is 12.8 Å². The van der Waals surface area contributed by atoms with Crippen molar-refractivity contribution >= 4 is 8.07 Å². The van der Waals surface area contributed by atoms with Gasteiger partial charge in [0.2, 0.25) is 0 Å². The summed E-state index contributed by atoms with van der Waals surface area (Å²) in [4.78, 5) is 0. The lowest BCUT2D eigenvalue weighted by molar-refractivity contribution is 0.557. The SMILES string of the molecule is C=CCCCCCCCCCC[Si](C)(CCCCCCCCCCCC)CCCCCCCCCCCC. The van der Waals surface area contributed by atoms with Gasteiger partial charge in [-0.25, -0.2) is 0 Å². The standard InChI is InChI=1S/C37H76Si/c1-5-8-11-14-17-20-23-26-29-32-35-38(4,36-33-30-27-24-21-18-15-12-9-6-2)37-34-31-28-25-22-19-16-13-10-7-3/h5H,1,6-37H2,2-4H3. The Morgan fingerprint density at radius 2 is 0.605 bits per heavy atom. The molecule has 0 saturated carbocycles. The molecule has 38 heavy (non-hydrogen) atoms. The molecule has 1 heteroatoms. The van der Waals surface area contributed by atoms with Crippen molar-refractivity contribution in [2.24, 2.45) is 0 Å². The second-order valence-electron chi connectivity index (χ2n) is 13.3. The van der Waals surface area contributed by atoms with E-state index in [1.165, 1.54) is 173 Å². The molecule has 0 amide bonds. The Balaban J connectivity index is 4.06. The van der Waals surface area contributed by atoms with Gasteiger partial charge in [-0.2, -0.15) is 0 Å². The van der Waals surface area contributed by atoms with Gasteiger partial charge in [0.15, 0.2) is 0 Å². The average molecular weight is 549 g/mol. The van der Waals surface area contributed by atoms with Crippen LogP contribution in [-0.2, 0) is 0 Å². The molecule has 0 aliphatic heterocycles. The summed E-state index contributed by atoms with van der Waals surface area (Å²) < 4.78 is 0. The first-order chi connectivity index (χ1) is 18.7. The van der Waals surface area contributed by atoms with Crippen LogP contribution >= 0.6 is 0 Å². The number of hydrogen-bond acceptors (Lipinski definition) is 0. The molecule has 0 bridgehead atoms. The summed E-state index contributed by atoms with van der Waals surface area (Å²) >= 11 is 0. The van der Waals surface area contributed by atoms with Crippen molar-refractivity contribution in [3.63, 3.8) is 0 Å². The summed E-state index contributed by atoms with van der Waals surface area (Å²) in [5, 5.41) is 0. The van der Waals surface area contributed by atoms with Gasteiger partial charge in [0.25, 0.3) is 0 Å². The Morgan fingerprint density at radius 1 is 0.368 bits per heavy atom. The number of hydrogen-bond donors (Lipinski definition) is 0. The first kappa shape index (κ1) is 38.0. The molecule has 0 nitrogen and oxygen atoms in total. The summed E-state index contributed by atoms with van der Waals surface area (Å²) in [5.41, 5.74) is 0. The molecule has 0 saturated heterocycles. The minimum absolute atomic E-state index is 1.03. The predicted molar refractivity (Wildman–Crippen MR) is 181 cm³/mol. The van der Waals surface area contributed by atoms with E-state index in [1.54, 1.807) is 31.0 Å². The molecule has 0 fully saturated rings. The Kier molecular flexibility index (Phi) is 31.4. The second kappa shape index (κ2) is 31.5. The van der Waals surface area contributed by atoms with Crippen LogP contribution < -0.4 is 0 Å². The van der Waals surface area contributed by atoms with Gasteiger partial charge in [-0.15, -0.1) is 6.58 Å². The monoisotopic (exact) mass is 549 g/mol. The predicted octanol–water partition coefficient (Wildman–Crippen LogP) is 14.6. The maximum Gasteiger partial charge on any atom is 0.0504 e. The first-order valence-electron chi connectivity index (χ1n) is 18.3. The fourth-order valence-corrected chi connectivity index (χ4v) is 10.4. The molecular formula is C37H76Si. The summed E-state index contributed by atoms with van der Waals surface area (Å²) in [6.45, 7) is 11.3. The lowest BCUT2D eigenvalue weighted by Crippen LogP contribution is -2.29. The van der Waals surface area contributed by atoms with E-state index in [1.807, 2.05) is 0 Å². The first-order valence-corrected chi connectivity index (χ1v) is 21.4. The molecule has 0 unspecified atom stereocenters. The Morgan fingerprint density at radius 3 is 0.868 bits per heavy atom. The van der Waals surface area contributed by atoms with Gasteiger partial charge in [-0.3, -0.25) is 0 Å². The van der Waals surface area contributed by atoms with Crippen LogP contribution in [0.15, 0.2) is 12.7 Å². The van der Waals surface area contributed by atoms with Crippen LogP contribution in [-0.4, -0.2) is 8.07 Å². The molecule has 0 spiro atoms. The minimum atomic E-state index is -1.03. The summed E-state index contributed by atoms with van der Waals surface area (Å²) in [6.07, 6.45) is 44.6. The van der Waals surface area contributed by atoms with E-state index in [0.29, 0.717) is 0 Å². The van der Waals surface area contributed by atoms with Crippen molar-refractivity contribution in [3.05, 3.63) is 12.7 Å². The van der Waals surface area contributed by atoms with Gasteiger partial charge < -0.3 is 0 Å². The van der Waals surface area contributed by atoms with Crippen molar-refractivity contribution in [1.82, 2.24) is 0 Å². The van der Waals surface area contributed by atoms with E-state index in [4.69, 9.17) is 0 Å². The number of unbranched alkanes of at least 4 members (excludes halogenated alkanes) is 26. The molecule has 0 heterocycles. The van der Waals surface area contributed by atoms with Crippen molar-refractivity contribution in [2.45, 2.75) is 225 Å². The molecule has 0 aliphatic carbocycles. The molecule has 0 aromatic heterocycles. The lowest BCUT2D eigenvalue weighted by atomic mass is 10.1. The van der Waals surface area contributed by atoms with Crippen molar-refractivity contribution in [2.75, 3.05) is 0 Å².